The molecule has 7 heteroatoms. The van der Waals surface area contributed by atoms with Gasteiger partial charge in [-0.15, -0.1) is 0 Å². The zero-order valence-corrected chi connectivity index (χ0v) is 17.2. The third-order valence-electron chi connectivity index (χ3n) is 5.24. The average Bonchev–Trinajstić information content (AvgIpc) is 2.78. The van der Waals surface area contributed by atoms with E-state index in [-0.39, 0.29) is 18.1 Å². The maximum absolute atomic E-state index is 12.7. The molecule has 3 aromatic carbocycles. The normalized spacial score (nSPS) is 15.6. The summed E-state index contributed by atoms with van der Waals surface area (Å²) in [5.41, 5.74) is 3.78. The number of nitro benzene ring substituents is 1. The number of ether oxygens (including phenoxy) is 1. The minimum Gasteiger partial charge on any atom is -0.471 e. The second-order valence-corrected chi connectivity index (χ2v) is 7.60. The van der Waals surface area contributed by atoms with E-state index >= 15 is 0 Å². The van der Waals surface area contributed by atoms with E-state index in [4.69, 9.17) is 4.74 Å². The Kier molecular flexibility index (Phi) is 5.95. The summed E-state index contributed by atoms with van der Waals surface area (Å²) in [7, 11) is 0. The Balaban J connectivity index is 1.52. The highest BCUT2D eigenvalue weighted by Crippen LogP contribution is 2.35. The van der Waals surface area contributed by atoms with Gasteiger partial charge in [0.25, 0.3) is 5.69 Å². The van der Waals surface area contributed by atoms with E-state index in [1.807, 2.05) is 60.4 Å². The van der Waals surface area contributed by atoms with Gasteiger partial charge in [-0.25, -0.2) is 0 Å². The zero-order valence-electron chi connectivity index (χ0n) is 17.2. The van der Waals surface area contributed by atoms with E-state index in [1.54, 1.807) is 12.1 Å². The summed E-state index contributed by atoms with van der Waals surface area (Å²) in [5, 5.41) is 14.2. The fraction of sp³-hybridized carbons (Fsp3) is 0.208. The highest BCUT2D eigenvalue weighted by molar-refractivity contribution is 5.78. The van der Waals surface area contributed by atoms with Crippen molar-refractivity contribution in [1.82, 2.24) is 10.2 Å². The van der Waals surface area contributed by atoms with Gasteiger partial charge in [-0.05, 0) is 18.6 Å². The van der Waals surface area contributed by atoms with E-state index in [1.165, 1.54) is 17.7 Å². The predicted octanol–water partition coefficient (Wildman–Crippen LogP) is 4.11. The van der Waals surface area contributed by atoms with Crippen LogP contribution in [0.25, 0.3) is 0 Å². The van der Waals surface area contributed by atoms with Crippen molar-refractivity contribution in [2.24, 2.45) is 0 Å². The number of nitrogens with zero attached hydrogens (tertiary/aromatic N) is 2. The molecular weight excluding hydrogens is 394 g/mol. The number of nitro groups is 1. The summed E-state index contributed by atoms with van der Waals surface area (Å²) in [6, 6.07) is 22.0. The Morgan fingerprint density at radius 2 is 1.90 bits per heavy atom. The zero-order chi connectivity index (χ0) is 21.8. The number of hydrogen-bond acceptors (Lipinski definition) is 5. The quantitative estimate of drug-likeness (QED) is 0.482. The maximum atomic E-state index is 12.7. The fourth-order valence-electron chi connectivity index (χ4n) is 3.60. The lowest BCUT2D eigenvalue weighted by Crippen LogP contribution is -2.42. The first-order chi connectivity index (χ1) is 15.0. The SMILES string of the molecule is Cc1ccc(CNC(=O)CN2Cc3ccccc3OC2c2cccc([N+](=O)[O-])c2)cc1. The second-order valence-electron chi connectivity index (χ2n) is 7.60. The lowest BCUT2D eigenvalue weighted by atomic mass is 10.1. The highest BCUT2D eigenvalue weighted by atomic mass is 16.6. The number of fused-ring (bicyclic) bond motifs is 1. The Morgan fingerprint density at radius 1 is 1.13 bits per heavy atom. The Bertz CT molecular complexity index is 1100. The summed E-state index contributed by atoms with van der Waals surface area (Å²) in [5.74, 6) is 0.578. The molecular formula is C24H23N3O4. The van der Waals surface area contributed by atoms with E-state index in [0.29, 0.717) is 18.7 Å². The van der Waals surface area contributed by atoms with Crippen molar-refractivity contribution in [3.8, 4) is 5.75 Å². The number of amides is 1. The van der Waals surface area contributed by atoms with Gasteiger partial charge in [0.2, 0.25) is 5.91 Å². The van der Waals surface area contributed by atoms with Gasteiger partial charge in [0.1, 0.15) is 5.75 Å². The van der Waals surface area contributed by atoms with Crippen LogP contribution in [0.3, 0.4) is 0 Å². The van der Waals surface area contributed by atoms with Gasteiger partial charge in [0.05, 0.1) is 11.5 Å². The molecule has 31 heavy (non-hydrogen) atoms. The Labute approximate surface area is 180 Å². The number of non-ortho nitro benzene ring substituents is 1. The van der Waals surface area contributed by atoms with Crippen LogP contribution in [0.15, 0.2) is 72.8 Å². The first-order valence-corrected chi connectivity index (χ1v) is 10.0. The standard InChI is InChI=1S/C24H23N3O4/c1-17-9-11-18(12-10-17)14-25-23(28)16-26-15-20-5-2-3-8-22(20)31-24(26)19-6-4-7-21(13-19)27(29)30/h2-13,24H,14-16H2,1H3,(H,25,28). The third kappa shape index (κ3) is 4.90. The summed E-state index contributed by atoms with van der Waals surface area (Å²) in [4.78, 5) is 25.4. The van der Waals surface area contributed by atoms with Crippen molar-refractivity contribution in [3.05, 3.63) is 105 Å². The number of nitrogens with one attached hydrogen (secondary N) is 1. The largest absolute Gasteiger partial charge is 0.471 e. The molecule has 1 unspecified atom stereocenters. The van der Waals surface area contributed by atoms with Gasteiger partial charge in [-0.2, -0.15) is 0 Å². The van der Waals surface area contributed by atoms with Gasteiger partial charge in [0.15, 0.2) is 6.23 Å². The topological polar surface area (TPSA) is 84.7 Å². The molecule has 0 aliphatic carbocycles. The number of hydrogen-bond donors (Lipinski definition) is 1. The number of aryl methyl sites for hydroxylation is 1. The lowest BCUT2D eigenvalue weighted by Gasteiger charge is -2.36. The molecule has 7 nitrogen and oxygen atoms in total. The summed E-state index contributed by atoms with van der Waals surface area (Å²) < 4.78 is 6.17. The number of benzene rings is 3. The molecule has 0 spiro atoms. The molecule has 0 saturated heterocycles. The minimum absolute atomic E-state index is 0.0104. The molecule has 1 N–H and O–H groups in total. The fourth-order valence-corrected chi connectivity index (χ4v) is 3.60. The number of carbonyl (C=O) groups excluding carboxylic acids is 1. The smallest absolute Gasteiger partial charge is 0.269 e. The molecule has 1 heterocycles. The van der Waals surface area contributed by atoms with Crippen LogP contribution >= 0.6 is 0 Å². The van der Waals surface area contributed by atoms with Gasteiger partial charge in [0, 0.05) is 36.3 Å². The molecule has 0 fully saturated rings. The average molecular weight is 417 g/mol. The van der Waals surface area contributed by atoms with Crippen LogP contribution in [0, 0.1) is 17.0 Å². The second kappa shape index (κ2) is 8.97. The lowest BCUT2D eigenvalue weighted by molar-refractivity contribution is -0.385. The van der Waals surface area contributed by atoms with Gasteiger partial charge in [-0.1, -0.05) is 60.2 Å². The molecule has 158 valence electrons. The van der Waals surface area contributed by atoms with Crippen LogP contribution in [0.1, 0.15) is 28.5 Å². The maximum Gasteiger partial charge on any atom is 0.269 e. The summed E-state index contributed by atoms with van der Waals surface area (Å²) in [6.45, 7) is 3.06. The van der Waals surface area contributed by atoms with Crippen LogP contribution in [0.2, 0.25) is 0 Å². The van der Waals surface area contributed by atoms with Crippen molar-refractivity contribution in [2.75, 3.05) is 6.54 Å². The van der Waals surface area contributed by atoms with Crippen LogP contribution in [-0.2, 0) is 17.9 Å². The van der Waals surface area contributed by atoms with E-state index in [9.17, 15) is 14.9 Å². The van der Waals surface area contributed by atoms with Crippen LogP contribution < -0.4 is 10.1 Å². The molecule has 1 amide bonds. The number of para-hydroxylation sites is 1. The molecule has 4 rings (SSSR count). The van der Waals surface area contributed by atoms with Crippen molar-refractivity contribution >= 4 is 11.6 Å². The predicted molar refractivity (Wildman–Crippen MR) is 116 cm³/mol. The van der Waals surface area contributed by atoms with Crippen molar-refractivity contribution in [1.29, 1.82) is 0 Å². The molecule has 0 radical (unpaired) electrons. The first kappa shape index (κ1) is 20.6. The van der Waals surface area contributed by atoms with Gasteiger partial charge in [-0.3, -0.25) is 19.8 Å². The monoisotopic (exact) mass is 417 g/mol. The van der Waals surface area contributed by atoms with Crippen molar-refractivity contribution < 1.29 is 14.5 Å². The van der Waals surface area contributed by atoms with Crippen molar-refractivity contribution in [3.63, 3.8) is 0 Å². The van der Waals surface area contributed by atoms with E-state index < -0.39 is 11.2 Å². The van der Waals surface area contributed by atoms with E-state index in [2.05, 4.69) is 5.32 Å². The number of carbonyl (C=O) groups is 1. The molecule has 1 aliphatic heterocycles. The van der Waals surface area contributed by atoms with Gasteiger partial charge >= 0.3 is 0 Å². The van der Waals surface area contributed by atoms with Gasteiger partial charge < -0.3 is 10.1 Å². The molecule has 0 bridgehead atoms. The summed E-state index contributed by atoms with van der Waals surface area (Å²) >= 11 is 0. The first-order valence-electron chi connectivity index (χ1n) is 10.0. The van der Waals surface area contributed by atoms with Crippen LogP contribution in [-0.4, -0.2) is 22.3 Å². The van der Waals surface area contributed by atoms with Crippen LogP contribution in [0.4, 0.5) is 5.69 Å². The molecule has 1 atom stereocenters. The molecule has 0 saturated carbocycles. The molecule has 1 aliphatic rings. The van der Waals surface area contributed by atoms with Crippen molar-refractivity contribution in [2.45, 2.75) is 26.2 Å². The summed E-state index contributed by atoms with van der Waals surface area (Å²) in [6.07, 6.45) is -0.597. The highest BCUT2D eigenvalue weighted by Gasteiger charge is 2.31. The molecule has 3 aromatic rings. The molecule has 0 aromatic heterocycles. The Hall–Kier alpha value is -3.71. The minimum atomic E-state index is -0.597. The van der Waals surface area contributed by atoms with Crippen LogP contribution in [0.5, 0.6) is 5.75 Å². The Morgan fingerprint density at radius 3 is 2.68 bits per heavy atom. The third-order valence-corrected chi connectivity index (χ3v) is 5.24. The number of rotatable bonds is 6. The van der Waals surface area contributed by atoms with E-state index in [0.717, 1.165) is 16.9 Å².